The number of rotatable bonds is 1. The average molecular weight is 394 g/mol. The molecule has 1 saturated heterocycles. The standard InChI is InChI=1S/C22H20ClN3O2/c1-22-20-19(14-8-4-6-10-17(14)24-20)15(13-7-3-5-9-16(13)23)11-26(22)18(27)12-25(2)21(22)28/h3-10,15,24H,11-12H2,1-2H3/t15?,22-/m0/s1. The molecule has 3 aromatic rings. The minimum Gasteiger partial charge on any atom is -0.356 e. The van der Waals surface area contributed by atoms with Gasteiger partial charge in [-0.25, -0.2) is 0 Å². The van der Waals surface area contributed by atoms with E-state index in [1.807, 2.05) is 49.4 Å². The van der Waals surface area contributed by atoms with Crippen molar-refractivity contribution >= 4 is 34.3 Å². The molecule has 28 heavy (non-hydrogen) atoms. The number of H-pyrrole nitrogens is 1. The van der Waals surface area contributed by atoms with Crippen molar-refractivity contribution in [2.24, 2.45) is 0 Å². The normalized spacial score (nSPS) is 24.5. The third kappa shape index (κ3) is 2.14. The van der Waals surface area contributed by atoms with Crippen LogP contribution in [0.15, 0.2) is 48.5 Å². The first kappa shape index (κ1) is 17.3. The van der Waals surface area contributed by atoms with Crippen LogP contribution in [0.3, 0.4) is 0 Å². The van der Waals surface area contributed by atoms with E-state index in [1.54, 1.807) is 11.9 Å². The Morgan fingerprint density at radius 2 is 1.82 bits per heavy atom. The number of para-hydroxylation sites is 1. The summed E-state index contributed by atoms with van der Waals surface area (Å²) in [6, 6.07) is 15.8. The summed E-state index contributed by atoms with van der Waals surface area (Å²) in [7, 11) is 1.69. The van der Waals surface area contributed by atoms with Crippen molar-refractivity contribution in [2.75, 3.05) is 20.1 Å². The number of likely N-dealkylation sites (N-methyl/N-ethyl adjacent to an activating group) is 1. The fourth-order valence-electron chi connectivity index (χ4n) is 4.82. The lowest BCUT2D eigenvalue weighted by atomic mass is 9.76. The summed E-state index contributed by atoms with van der Waals surface area (Å²) in [6.45, 7) is 2.37. The fourth-order valence-corrected chi connectivity index (χ4v) is 5.09. The Bertz CT molecular complexity index is 1140. The molecule has 2 amide bonds. The predicted molar refractivity (Wildman–Crippen MR) is 108 cm³/mol. The van der Waals surface area contributed by atoms with Crippen LogP contribution in [0.5, 0.6) is 0 Å². The van der Waals surface area contributed by atoms with Gasteiger partial charge < -0.3 is 14.8 Å². The number of carbonyl (C=O) groups excluding carboxylic acids is 2. The Balaban J connectivity index is 1.84. The maximum Gasteiger partial charge on any atom is 0.254 e. The van der Waals surface area contributed by atoms with Crippen molar-refractivity contribution in [3.05, 3.63) is 70.4 Å². The van der Waals surface area contributed by atoms with E-state index in [0.29, 0.717) is 11.6 Å². The highest BCUT2D eigenvalue weighted by Gasteiger charge is 2.55. The Hall–Kier alpha value is -2.79. The average Bonchev–Trinajstić information content (AvgIpc) is 3.08. The summed E-state index contributed by atoms with van der Waals surface area (Å²) < 4.78 is 0. The topological polar surface area (TPSA) is 56.4 Å². The molecular weight excluding hydrogens is 374 g/mol. The molecule has 1 N–H and O–H groups in total. The van der Waals surface area contributed by atoms with Crippen LogP contribution in [-0.2, 0) is 15.1 Å². The lowest BCUT2D eigenvalue weighted by Crippen LogP contribution is -2.66. The minimum absolute atomic E-state index is 0.0500. The van der Waals surface area contributed by atoms with E-state index in [-0.39, 0.29) is 24.3 Å². The van der Waals surface area contributed by atoms with Gasteiger partial charge >= 0.3 is 0 Å². The largest absolute Gasteiger partial charge is 0.356 e. The Morgan fingerprint density at radius 3 is 2.61 bits per heavy atom. The van der Waals surface area contributed by atoms with E-state index in [0.717, 1.165) is 27.7 Å². The number of nitrogens with one attached hydrogen (secondary N) is 1. The molecule has 1 aromatic heterocycles. The number of aromatic amines is 1. The molecule has 142 valence electrons. The van der Waals surface area contributed by atoms with E-state index in [2.05, 4.69) is 11.1 Å². The molecule has 6 heteroatoms. The first-order valence-electron chi connectivity index (χ1n) is 9.34. The second-order valence-electron chi connectivity index (χ2n) is 7.77. The molecule has 1 unspecified atom stereocenters. The highest BCUT2D eigenvalue weighted by atomic mass is 35.5. The molecule has 5 rings (SSSR count). The third-order valence-electron chi connectivity index (χ3n) is 6.20. The van der Waals surface area contributed by atoms with Crippen molar-refractivity contribution in [3.63, 3.8) is 0 Å². The summed E-state index contributed by atoms with van der Waals surface area (Å²) >= 11 is 6.55. The van der Waals surface area contributed by atoms with Gasteiger partial charge in [0.15, 0.2) is 5.54 Å². The summed E-state index contributed by atoms with van der Waals surface area (Å²) in [6.07, 6.45) is 0. The molecule has 2 aliphatic rings. The highest BCUT2D eigenvalue weighted by molar-refractivity contribution is 6.31. The summed E-state index contributed by atoms with van der Waals surface area (Å²) in [5, 5.41) is 1.73. The highest BCUT2D eigenvalue weighted by Crippen LogP contribution is 2.48. The maximum atomic E-state index is 13.3. The minimum atomic E-state index is -1.05. The molecule has 3 heterocycles. The van der Waals surface area contributed by atoms with Crippen molar-refractivity contribution < 1.29 is 9.59 Å². The van der Waals surface area contributed by atoms with Gasteiger partial charge in [0.1, 0.15) is 0 Å². The van der Waals surface area contributed by atoms with Crippen LogP contribution in [0.2, 0.25) is 5.02 Å². The van der Waals surface area contributed by atoms with Crippen molar-refractivity contribution in [3.8, 4) is 0 Å². The number of aromatic nitrogens is 1. The zero-order valence-corrected chi connectivity index (χ0v) is 16.5. The smallest absolute Gasteiger partial charge is 0.254 e. The molecule has 0 radical (unpaired) electrons. The van der Waals surface area contributed by atoms with Crippen LogP contribution in [0, 0.1) is 0 Å². The number of hydrogen-bond acceptors (Lipinski definition) is 2. The Morgan fingerprint density at radius 1 is 1.11 bits per heavy atom. The Kier molecular flexibility index (Phi) is 3.62. The second-order valence-corrected chi connectivity index (χ2v) is 8.18. The fraction of sp³-hybridized carbons (Fsp3) is 0.273. The van der Waals surface area contributed by atoms with Crippen molar-refractivity contribution in [1.29, 1.82) is 0 Å². The van der Waals surface area contributed by atoms with Crippen molar-refractivity contribution in [2.45, 2.75) is 18.4 Å². The molecule has 0 spiro atoms. The molecule has 2 aliphatic heterocycles. The van der Waals surface area contributed by atoms with Gasteiger partial charge in [-0.05, 0) is 30.2 Å². The number of halogens is 1. The van der Waals surface area contributed by atoms with Gasteiger partial charge in [-0.2, -0.15) is 0 Å². The van der Waals surface area contributed by atoms with Crippen LogP contribution >= 0.6 is 11.6 Å². The number of piperazine rings is 1. The first-order valence-corrected chi connectivity index (χ1v) is 9.72. The summed E-state index contributed by atoms with van der Waals surface area (Å²) in [5.74, 6) is -0.225. The summed E-state index contributed by atoms with van der Waals surface area (Å²) in [4.78, 5) is 32.9. The van der Waals surface area contributed by atoms with E-state index in [1.165, 1.54) is 4.90 Å². The second kappa shape index (κ2) is 5.85. The molecule has 1 fully saturated rings. The molecule has 0 aliphatic carbocycles. The third-order valence-corrected chi connectivity index (χ3v) is 6.55. The number of carbonyl (C=O) groups is 2. The van der Waals surface area contributed by atoms with Crippen LogP contribution in [0.25, 0.3) is 10.9 Å². The van der Waals surface area contributed by atoms with Gasteiger partial charge in [-0.15, -0.1) is 0 Å². The monoisotopic (exact) mass is 393 g/mol. The molecule has 2 aromatic carbocycles. The number of nitrogens with zero attached hydrogens (tertiary/aromatic N) is 2. The van der Waals surface area contributed by atoms with E-state index < -0.39 is 5.54 Å². The van der Waals surface area contributed by atoms with Crippen LogP contribution in [0.4, 0.5) is 0 Å². The molecule has 0 bridgehead atoms. The Labute approximate surface area is 167 Å². The molecule has 0 saturated carbocycles. The SMILES string of the molecule is CN1CC(=O)N2CC(c3ccccc3Cl)c3c([nH]c4ccccc34)[C@@]2(C)C1=O. The van der Waals surface area contributed by atoms with E-state index in [9.17, 15) is 9.59 Å². The molecular formula is C22H20ClN3O2. The van der Waals surface area contributed by atoms with Gasteiger partial charge in [-0.3, -0.25) is 9.59 Å². The molecule has 2 atom stereocenters. The lowest BCUT2D eigenvalue weighted by molar-refractivity contribution is -0.164. The van der Waals surface area contributed by atoms with Crippen LogP contribution < -0.4 is 0 Å². The zero-order chi connectivity index (χ0) is 19.6. The zero-order valence-electron chi connectivity index (χ0n) is 15.7. The maximum absolute atomic E-state index is 13.3. The summed E-state index contributed by atoms with van der Waals surface area (Å²) in [5.41, 5.74) is 2.72. The number of hydrogen-bond donors (Lipinski definition) is 1. The first-order chi connectivity index (χ1) is 13.4. The number of amides is 2. The van der Waals surface area contributed by atoms with Crippen molar-refractivity contribution in [1.82, 2.24) is 14.8 Å². The number of benzene rings is 2. The van der Waals surface area contributed by atoms with Crippen LogP contribution in [0.1, 0.15) is 29.7 Å². The quantitative estimate of drug-likeness (QED) is 0.688. The predicted octanol–water partition coefficient (Wildman–Crippen LogP) is 3.48. The van der Waals surface area contributed by atoms with E-state index in [4.69, 9.17) is 11.6 Å². The van der Waals surface area contributed by atoms with Gasteiger partial charge in [0, 0.05) is 35.4 Å². The number of fused-ring (bicyclic) bond motifs is 5. The van der Waals surface area contributed by atoms with Gasteiger partial charge in [0.05, 0.1) is 12.2 Å². The molecule has 5 nitrogen and oxygen atoms in total. The van der Waals surface area contributed by atoms with Gasteiger partial charge in [-0.1, -0.05) is 48.0 Å². The van der Waals surface area contributed by atoms with Gasteiger partial charge in [0.2, 0.25) is 5.91 Å². The van der Waals surface area contributed by atoms with Gasteiger partial charge in [0.25, 0.3) is 5.91 Å². The lowest BCUT2D eigenvalue weighted by Gasteiger charge is -2.50. The van der Waals surface area contributed by atoms with E-state index >= 15 is 0 Å². The van der Waals surface area contributed by atoms with Crippen LogP contribution in [-0.4, -0.2) is 46.7 Å².